The molecule has 0 radical (unpaired) electrons. The molecular weight excluding hydrogens is 226 g/mol. The summed E-state index contributed by atoms with van der Waals surface area (Å²) >= 11 is 0. The second-order valence-corrected chi connectivity index (χ2v) is 3.94. The SMILES string of the molecule is Cc1cc(C(O)c2cc(F)ccc2F)c(C)o1. The van der Waals surface area contributed by atoms with Crippen molar-refractivity contribution in [2.45, 2.75) is 20.0 Å². The largest absolute Gasteiger partial charge is 0.466 e. The smallest absolute Gasteiger partial charge is 0.129 e. The lowest BCUT2D eigenvalue weighted by Crippen LogP contribution is -2.03. The van der Waals surface area contributed by atoms with E-state index in [4.69, 9.17) is 4.42 Å². The van der Waals surface area contributed by atoms with E-state index in [0.29, 0.717) is 17.1 Å². The van der Waals surface area contributed by atoms with E-state index >= 15 is 0 Å². The highest BCUT2D eigenvalue weighted by Gasteiger charge is 2.20. The number of halogens is 2. The number of hydrogen-bond acceptors (Lipinski definition) is 2. The zero-order chi connectivity index (χ0) is 12.6. The van der Waals surface area contributed by atoms with Crippen molar-refractivity contribution in [3.8, 4) is 0 Å². The topological polar surface area (TPSA) is 33.4 Å². The fraction of sp³-hybridized carbons (Fsp3) is 0.231. The Kier molecular flexibility index (Phi) is 2.98. The molecule has 1 unspecified atom stereocenters. The summed E-state index contributed by atoms with van der Waals surface area (Å²) in [6.07, 6.45) is -1.22. The normalized spacial score (nSPS) is 12.8. The summed E-state index contributed by atoms with van der Waals surface area (Å²) in [4.78, 5) is 0. The van der Waals surface area contributed by atoms with Crippen molar-refractivity contribution >= 4 is 0 Å². The van der Waals surface area contributed by atoms with Gasteiger partial charge in [0.05, 0.1) is 0 Å². The molecule has 0 amide bonds. The summed E-state index contributed by atoms with van der Waals surface area (Å²) in [7, 11) is 0. The third kappa shape index (κ3) is 2.22. The molecule has 0 bridgehead atoms. The second kappa shape index (κ2) is 4.30. The van der Waals surface area contributed by atoms with Crippen LogP contribution >= 0.6 is 0 Å². The zero-order valence-electron chi connectivity index (χ0n) is 9.50. The molecule has 1 heterocycles. The van der Waals surface area contributed by atoms with Crippen LogP contribution in [0.3, 0.4) is 0 Å². The Labute approximate surface area is 97.5 Å². The van der Waals surface area contributed by atoms with Crippen LogP contribution in [-0.2, 0) is 0 Å². The van der Waals surface area contributed by atoms with Crippen LogP contribution in [0.15, 0.2) is 28.7 Å². The molecule has 2 nitrogen and oxygen atoms in total. The maximum Gasteiger partial charge on any atom is 0.129 e. The number of benzene rings is 1. The minimum Gasteiger partial charge on any atom is -0.466 e. The van der Waals surface area contributed by atoms with Gasteiger partial charge in [0, 0.05) is 11.1 Å². The molecule has 1 N–H and O–H groups in total. The van der Waals surface area contributed by atoms with E-state index in [0.717, 1.165) is 18.2 Å². The van der Waals surface area contributed by atoms with E-state index in [1.165, 1.54) is 0 Å². The first-order valence-electron chi connectivity index (χ1n) is 5.19. The standard InChI is InChI=1S/C13H12F2O2/c1-7-5-10(8(2)17-7)13(16)11-6-9(14)3-4-12(11)15/h3-6,13,16H,1-2H3. The van der Waals surface area contributed by atoms with Gasteiger partial charge in [-0.3, -0.25) is 0 Å². The molecule has 0 saturated heterocycles. The number of aliphatic hydroxyl groups is 1. The quantitative estimate of drug-likeness (QED) is 0.871. The van der Waals surface area contributed by atoms with Gasteiger partial charge in [-0.1, -0.05) is 0 Å². The van der Waals surface area contributed by atoms with Gasteiger partial charge in [-0.25, -0.2) is 8.78 Å². The van der Waals surface area contributed by atoms with Crippen LogP contribution in [0.1, 0.15) is 28.8 Å². The minimum absolute atomic E-state index is 0.0890. The summed E-state index contributed by atoms with van der Waals surface area (Å²) in [6.45, 7) is 3.40. The lowest BCUT2D eigenvalue weighted by Gasteiger charge is -2.11. The first kappa shape index (κ1) is 11.8. The molecule has 0 spiro atoms. The highest BCUT2D eigenvalue weighted by Crippen LogP contribution is 2.29. The van der Waals surface area contributed by atoms with Crippen LogP contribution in [0.25, 0.3) is 0 Å². The monoisotopic (exact) mass is 238 g/mol. The number of hydrogen-bond donors (Lipinski definition) is 1. The van der Waals surface area contributed by atoms with Gasteiger partial charge in [0.15, 0.2) is 0 Å². The molecular formula is C13H12F2O2. The molecule has 2 rings (SSSR count). The molecule has 0 aliphatic rings. The Balaban J connectivity index is 2.46. The average molecular weight is 238 g/mol. The second-order valence-electron chi connectivity index (χ2n) is 3.94. The van der Waals surface area contributed by atoms with E-state index in [1.54, 1.807) is 19.9 Å². The van der Waals surface area contributed by atoms with Gasteiger partial charge < -0.3 is 9.52 Å². The van der Waals surface area contributed by atoms with E-state index in [-0.39, 0.29) is 5.56 Å². The maximum atomic E-state index is 13.5. The van der Waals surface area contributed by atoms with Crippen LogP contribution < -0.4 is 0 Å². The lowest BCUT2D eigenvalue weighted by atomic mass is 10.0. The van der Waals surface area contributed by atoms with Crippen molar-refractivity contribution < 1.29 is 18.3 Å². The molecule has 90 valence electrons. The van der Waals surface area contributed by atoms with Crippen LogP contribution in [0.5, 0.6) is 0 Å². The fourth-order valence-electron chi connectivity index (χ4n) is 1.81. The molecule has 0 aliphatic carbocycles. The number of furan rings is 1. The molecule has 0 fully saturated rings. The van der Waals surface area contributed by atoms with Crippen LogP contribution in [0.2, 0.25) is 0 Å². The van der Waals surface area contributed by atoms with Crippen molar-refractivity contribution in [3.63, 3.8) is 0 Å². The lowest BCUT2D eigenvalue weighted by molar-refractivity contribution is 0.212. The maximum absolute atomic E-state index is 13.5. The molecule has 0 aliphatic heterocycles. The highest BCUT2D eigenvalue weighted by molar-refractivity contribution is 5.33. The Bertz CT molecular complexity index is 546. The molecule has 1 aromatic heterocycles. The third-order valence-electron chi connectivity index (χ3n) is 2.63. The number of rotatable bonds is 2. The Morgan fingerprint density at radius 2 is 1.82 bits per heavy atom. The minimum atomic E-state index is -1.22. The molecule has 0 saturated carbocycles. The van der Waals surface area contributed by atoms with Gasteiger partial charge in [-0.05, 0) is 38.1 Å². The zero-order valence-corrected chi connectivity index (χ0v) is 9.50. The van der Waals surface area contributed by atoms with Gasteiger partial charge in [-0.2, -0.15) is 0 Å². The summed E-state index contributed by atoms with van der Waals surface area (Å²) in [5.74, 6) is -0.109. The van der Waals surface area contributed by atoms with E-state index in [1.807, 2.05) is 0 Å². The van der Waals surface area contributed by atoms with Crippen molar-refractivity contribution in [2.24, 2.45) is 0 Å². The van der Waals surface area contributed by atoms with Crippen molar-refractivity contribution in [3.05, 3.63) is 58.5 Å². The fourth-order valence-corrected chi connectivity index (χ4v) is 1.81. The predicted octanol–water partition coefficient (Wildman–Crippen LogP) is 3.26. The third-order valence-corrected chi connectivity index (χ3v) is 2.63. The summed E-state index contributed by atoms with van der Waals surface area (Å²) < 4.78 is 31.8. The summed E-state index contributed by atoms with van der Waals surface area (Å²) in [6, 6.07) is 4.61. The van der Waals surface area contributed by atoms with Crippen molar-refractivity contribution in [2.75, 3.05) is 0 Å². The Hall–Kier alpha value is -1.68. The van der Waals surface area contributed by atoms with E-state index < -0.39 is 17.7 Å². The summed E-state index contributed by atoms with van der Waals surface area (Å²) in [5, 5.41) is 10.0. The first-order valence-corrected chi connectivity index (χ1v) is 5.19. The first-order chi connectivity index (χ1) is 7.99. The van der Waals surface area contributed by atoms with Crippen LogP contribution in [0, 0.1) is 25.5 Å². The summed E-state index contributed by atoms with van der Waals surface area (Å²) in [5.41, 5.74) is 0.362. The van der Waals surface area contributed by atoms with E-state index in [2.05, 4.69) is 0 Å². The Morgan fingerprint density at radius 3 is 2.41 bits per heavy atom. The van der Waals surface area contributed by atoms with Crippen LogP contribution in [-0.4, -0.2) is 5.11 Å². The molecule has 17 heavy (non-hydrogen) atoms. The average Bonchev–Trinajstić information content (AvgIpc) is 2.60. The number of aryl methyl sites for hydroxylation is 2. The van der Waals surface area contributed by atoms with Gasteiger partial charge in [0.2, 0.25) is 0 Å². The molecule has 4 heteroatoms. The molecule has 1 aromatic carbocycles. The van der Waals surface area contributed by atoms with Gasteiger partial charge in [0.25, 0.3) is 0 Å². The Morgan fingerprint density at radius 1 is 1.12 bits per heavy atom. The van der Waals surface area contributed by atoms with Crippen molar-refractivity contribution in [1.82, 2.24) is 0 Å². The van der Waals surface area contributed by atoms with Gasteiger partial charge in [0.1, 0.15) is 29.3 Å². The van der Waals surface area contributed by atoms with Crippen LogP contribution in [0.4, 0.5) is 8.78 Å². The van der Waals surface area contributed by atoms with E-state index in [9.17, 15) is 13.9 Å². The molecule has 1 atom stereocenters. The van der Waals surface area contributed by atoms with Gasteiger partial charge >= 0.3 is 0 Å². The number of aliphatic hydroxyl groups excluding tert-OH is 1. The molecule has 2 aromatic rings. The predicted molar refractivity (Wildman–Crippen MR) is 58.6 cm³/mol. The van der Waals surface area contributed by atoms with Gasteiger partial charge in [-0.15, -0.1) is 0 Å². The highest BCUT2D eigenvalue weighted by atomic mass is 19.1. The van der Waals surface area contributed by atoms with Crippen molar-refractivity contribution in [1.29, 1.82) is 0 Å².